The molecule has 0 bridgehead atoms. The molecular weight excluding hydrogens is 284 g/mol. The molecule has 6 heteroatoms. The van der Waals surface area contributed by atoms with Crippen molar-refractivity contribution in [3.63, 3.8) is 0 Å². The van der Waals surface area contributed by atoms with Crippen LogP contribution in [-0.4, -0.2) is 48.7 Å². The van der Waals surface area contributed by atoms with Gasteiger partial charge in [0.1, 0.15) is 0 Å². The maximum Gasteiger partial charge on any atom is 0.338 e. The van der Waals surface area contributed by atoms with E-state index in [2.05, 4.69) is 0 Å². The lowest BCUT2D eigenvalue weighted by Gasteiger charge is -2.35. The maximum atomic E-state index is 12.1. The number of nitriles is 1. The normalized spacial score (nSPS) is 21.0. The number of esters is 1. The van der Waals surface area contributed by atoms with E-state index in [9.17, 15) is 9.59 Å². The van der Waals surface area contributed by atoms with Crippen LogP contribution in [0.4, 0.5) is 0 Å². The van der Waals surface area contributed by atoms with Gasteiger partial charge in [0.05, 0.1) is 29.4 Å². The zero-order valence-electron chi connectivity index (χ0n) is 12.6. The molecule has 0 aromatic heterocycles. The predicted molar refractivity (Wildman–Crippen MR) is 78.0 cm³/mol. The number of amides is 1. The van der Waals surface area contributed by atoms with E-state index in [0.29, 0.717) is 18.7 Å². The highest BCUT2D eigenvalue weighted by molar-refractivity contribution is 5.91. The van der Waals surface area contributed by atoms with Crippen LogP contribution >= 0.6 is 0 Å². The maximum absolute atomic E-state index is 12.1. The molecule has 1 heterocycles. The molecule has 1 amide bonds. The van der Waals surface area contributed by atoms with E-state index >= 15 is 0 Å². The Morgan fingerprint density at radius 3 is 2.68 bits per heavy atom. The van der Waals surface area contributed by atoms with Crippen LogP contribution in [0.25, 0.3) is 0 Å². The highest BCUT2D eigenvalue weighted by atomic mass is 16.5. The third-order valence-electron chi connectivity index (χ3n) is 3.33. The van der Waals surface area contributed by atoms with Gasteiger partial charge in [-0.2, -0.15) is 5.26 Å². The Morgan fingerprint density at radius 2 is 2.05 bits per heavy atom. The number of hydrogen-bond acceptors (Lipinski definition) is 5. The molecule has 0 radical (unpaired) electrons. The highest BCUT2D eigenvalue weighted by Gasteiger charge is 2.26. The van der Waals surface area contributed by atoms with Crippen LogP contribution in [0.1, 0.15) is 29.8 Å². The average molecular weight is 302 g/mol. The summed E-state index contributed by atoms with van der Waals surface area (Å²) in [5.41, 5.74) is 0.632. The summed E-state index contributed by atoms with van der Waals surface area (Å²) < 4.78 is 10.6. The predicted octanol–water partition coefficient (Wildman–Crippen LogP) is 1.35. The van der Waals surface area contributed by atoms with Gasteiger partial charge in [0.15, 0.2) is 6.61 Å². The van der Waals surface area contributed by atoms with Crippen molar-refractivity contribution >= 4 is 11.9 Å². The van der Waals surface area contributed by atoms with E-state index in [0.717, 1.165) is 0 Å². The fourth-order valence-electron chi connectivity index (χ4n) is 2.40. The zero-order chi connectivity index (χ0) is 16.1. The molecular formula is C16H18N2O4. The molecule has 0 unspecified atom stereocenters. The SMILES string of the molecule is C[C@@H]1CN(C(=O)COC(=O)c2cccc(C#N)c2)C[C@@H](C)O1. The minimum Gasteiger partial charge on any atom is -0.452 e. The van der Waals surface area contributed by atoms with E-state index in [1.54, 1.807) is 23.1 Å². The van der Waals surface area contributed by atoms with Gasteiger partial charge in [0, 0.05) is 13.1 Å². The van der Waals surface area contributed by atoms with Crippen molar-refractivity contribution in [3.05, 3.63) is 35.4 Å². The summed E-state index contributed by atoms with van der Waals surface area (Å²) in [5.74, 6) is -0.855. The van der Waals surface area contributed by atoms with Gasteiger partial charge in [-0.15, -0.1) is 0 Å². The largest absolute Gasteiger partial charge is 0.452 e. The lowest BCUT2D eigenvalue weighted by Crippen LogP contribution is -2.49. The number of benzene rings is 1. The van der Waals surface area contributed by atoms with Crippen molar-refractivity contribution in [1.82, 2.24) is 4.90 Å². The van der Waals surface area contributed by atoms with Crippen LogP contribution in [0.2, 0.25) is 0 Å². The first kappa shape index (κ1) is 16.0. The minimum absolute atomic E-state index is 0.0317. The van der Waals surface area contributed by atoms with E-state index in [-0.39, 0.29) is 30.3 Å². The second kappa shape index (κ2) is 7.05. The summed E-state index contributed by atoms with van der Waals surface area (Å²) in [4.78, 5) is 25.6. The van der Waals surface area contributed by atoms with E-state index in [1.807, 2.05) is 19.9 Å². The van der Waals surface area contributed by atoms with Gasteiger partial charge < -0.3 is 14.4 Å². The summed E-state index contributed by atoms with van der Waals surface area (Å²) in [5, 5.41) is 8.81. The molecule has 0 N–H and O–H groups in total. The van der Waals surface area contributed by atoms with Gasteiger partial charge in [-0.1, -0.05) is 6.07 Å². The first-order valence-corrected chi connectivity index (χ1v) is 7.10. The number of carbonyl (C=O) groups is 2. The molecule has 0 aliphatic carbocycles. The molecule has 2 rings (SSSR count). The van der Waals surface area contributed by atoms with Crippen LogP contribution in [0.5, 0.6) is 0 Å². The summed E-state index contributed by atoms with van der Waals surface area (Å²) >= 11 is 0. The molecule has 0 saturated carbocycles. The number of hydrogen-bond donors (Lipinski definition) is 0. The molecule has 1 aliphatic heterocycles. The molecule has 1 aromatic rings. The summed E-state index contributed by atoms with van der Waals surface area (Å²) in [6, 6.07) is 8.13. The molecule has 1 fully saturated rings. The number of rotatable bonds is 3. The van der Waals surface area contributed by atoms with Crippen molar-refractivity contribution < 1.29 is 19.1 Å². The average Bonchev–Trinajstić information content (AvgIpc) is 2.51. The van der Waals surface area contributed by atoms with Gasteiger partial charge in [0.25, 0.3) is 5.91 Å². The Morgan fingerprint density at radius 1 is 1.36 bits per heavy atom. The Kier molecular flexibility index (Phi) is 5.12. The summed E-state index contributed by atoms with van der Waals surface area (Å²) in [6.45, 7) is 4.47. The van der Waals surface area contributed by atoms with Gasteiger partial charge in [-0.25, -0.2) is 4.79 Å². The Labute approximate surface area is 129 Å². The standard InChI is InChI=1S/C16H18N2O4/c1-11-8-18(9-12(2)22-11)15(19)10-21-16(20)14-5-3-4-13(6-14)7-17/h3-6,11-12H,8-10H2,1-2H3/t11-,12-/m1/s1. The van der Waals surface area contributed by atoms with Crippen molar-refractivity contribution in [2.75, 3.05) is 19.7 Å². The second-order valence-electron chi connectivity index (χ2n) is 5.32. The smallest absolute Gasteiger partial charge is 0.338 e. The zero-order valence-corrected chi connectivity index (χ0v) is 12.6. The third-order valence-corrected chi connectivity index (χ3v) is 3.33. The van der Waals surface area contributed by atoms with Gasteiger partial charge in [0.2, 0.25) is 0 Å². The number of ether oxygens (including phenoxy) is 2. The van der Waals surface area contributed by atoms with E-state index in [1.165, 1.54) is 6.07 Å². The second-order valence-corrected chi connectivity index (χ2v) is 5.32. The molecule has 1 saturated heterocycles. The van der Waals surface area contributed by atoms with Crippen molar-refractivity contribution in [2.45, 2.75) is 26.1 Å². The Bertz CT molecular complexity index is 598. The molecule has 1 aliphatic rings. The molecule has 1 aromatic carbocycles. The molecule has 0 spiro atoms. The molecule has 6 nitrogen and oxygen atoms in total. The Balaban J connectivity index is 1.90. The van der Waals surface area contributed by atoms with Gasteiger partial charge in [-0.05, 0) is 32.0 Å². The van der Waals surface area contributed by atoms with Crippen molar-refractivity contribution in [2.24, 2.45) is 0 Å². The molecule has 2 atom stereocenters. The monoisotopic (exact) mass is 302 g/mol. The lowest BCUT2D eigenvalue weighted by molar-refractivity contribution is -0.146. The van der Waals surface area contributed by atoms with Crippen molar-refractivity contribution in [3.8, 4) is 6.07 Å². The fraction of sp³-hybridized carbons (Fsp3) is 0.438. The van der Waals surface area contributed by atoms with Crippen LogP contribution in [0, 0.1) is 11.3 Å². The quantitative estimate of drug-likeness (QED) is 0.787. The van der Waals surface area contributed by atoms with E-state index in [4.69, 9.17) is 14.7 Å². The van der Waals surface area contributed by atoms with Crippen LogP contribution in [0.3, 0.4) is 0 Å². The summed E-state index contributed by atoms with van der Waals surface area (Å²) in [7, 11) is 0. The van der Waals surface area contributed by atoms with Crippen LogP contribution in [-0.2, 0) is 14.3 Å². The number of nitrogens with zero attached hydrogens (tertiary/aromatic N) is 2. The number of carbonyl (C=O) groups excluding carboxylic acids is 2. The highest BCUT2D eigenvalue weighted by Crippen LogP contribution is 2.11. The van der Waals surface area contributed by atoms with Crippen LogP contribution in [0.15, 0.2) is 24.3 Å². The number of morpholine rings is 1. The van der Waals surface area contributed by atoms with E-state index < -0.39 is 5.97 Å². The van der Waals surface area contributed by atoms with Gasteiger partial charge in [-0.3, -0.25) is 4.79 Å². The third kappa shape index (κ3) is 4.06. The Hall–Kier alpha value is -2.39. The first-order chi connectivity index (χ1) is 10.5. The van der Waals surface area contributed by atoms with Crippen LogP contribution < -0.4 is 0 Å². The minimum atomic E-state index is -0.611. The molecule has 116 valence electrons. The van der Waals surface area contributed by atoms with Crippen molar-refractivity contribution in [1.29, 1.82) is 5.26 Å². The topological polar surface area (TPSA) is 79.6 Å². The summed E-state index contributed by atoms with van der Waals surface area (Å²) in [6.07, 6.45) is -0.0635. The fourth-order valence-corrected chi connectivity index (χ4v) is 2.40. The molecule has 22 heavy (non-hydrogen) atoms. The van der Waals surface area contributed by atoms with Gasteiger partial charge >= 0.3 is 5.97 Å². The lowest BCUT2D eigenvalue weighted by atomic mass is 10.1. The first-order valence-electron chi connectivity index (χ1n) is 7.10.